The molecule has 2 N–H and O–H groups in total. The van der Waals surface area contributed by atoms with Crippen LogP contribution in [0.15, 0.2) is 59.5 Å². The number of carbonyl (C=O) groups excluding carboxylic acids is 1. The number of pyridine rings is 1. The van der Waals surface area contributed by atoms with Crippen molar-refractivity contribution in [1.82, 2.24) is 4.98 Å². The van der Waals surface area contributed by atoms with Gasteiger partial charge in [-0.3, -0.25) is 4.79 Å². The fourth-order valence-electron chi connectivity index (χ4n) is 2.24. The molecular formula is C17H14N2O4S. The van der Waals surface area contributed by atoms with Crippen LogP contribution in [0.2, 0.25) is 0 Å². The van der Waals surface area contributed by atoms with Crippen molar-refractivity contribution in [3.05, 3.63) is 65.9 Å². The predicted molar refractivity (Wildman–Crippen MR) is 89.3 cm³/mol. The van der Waals surface area contributed by atoms with E-state index in [2.05, 4.69) is 4.98 Å². The van der Waals surface area contributed by atoms with Gasteiger partial charge < -0.3 is 9.92 Å². The highest BCUT2D eigenvalue weighted by molar-refractivity contribution is 7.87. The third-order valence-electron chi connectivity index (χ3n) is 3.45. The first-order chi connectivity index (χ1) is 11.4. The summed E-state index contributed by atoms with van der Waals surface area (Å²) in [5.74, 6) is -0.483. The number of aryl methyl sites for hydroxylation is 1. The molecule has 0 aliphatic heterocycles. The summed E-state index contributed by atoms with van der Waals surface area (Å²) in [6, 6.07) is 14.0. The number of para-hydroxylation sites is 1. The molecule has 122 valence electrons. The lowest BCUT2D eigenvalue weighted by molar-refractivity contribution is 0.1000. The maximum absolute atomic E-state index is 12.4. The van der Waals surface area contributed by atoms with Gasteiger partial charge in [0, 0.05) is 16.6 Å². The summed E-state index contributed by atoms with van der Waals surface area (Å²) >= 11 is 0. The molecule has 1 aromatic heterocycles. The van der Waals surface area contributed by atoms with E-state index in [9.17, 15) is 13.2 Å². The van der Waals surface area contributed by atoms with Gasteiger partial charge in [-0.25, -0.2) is 4.98 Å². The number of nitrogens with two attached hydrogens (primary N) is 1. The molecule has 1 heterocycles. The van der Waals surface area contributed by atoms with Crippen molar-refractivity contribution in [3.63, 3.8) is 0 Å². The van der Waals surface area contributed by atoms with Crippen molar-refractivity contribution >= 4 is 26.9 Å². The third kappa shape index (κ3) is 3.07. The van der Waals surface area contributed by atoms with Gasteiger partial charge in [-0.1, -0.05) is 18.2 Å². The second-order valence-corrected chi connectivity index (χ2v) is 6.75. The molecule has 0 aliphatic rings. The molecular weight excluding hydrogens is 328 g/mol. The summed E-state index contributed by atoms with van der Waals surface area (Å²) in [4.78, 5) is 15.3. The van der Waals surface area contributed by atoms with Crippen LogP contribution in [0.5, 0.6) is 5.75 Å². The Kier molecular flexibility index (Phi) is 3.94. The van der Waals surface area contributed by atoms with Gasteiger partial charge in [0.15, 0.2) is 5.75 Å². The van der Waals surface area contributed by atoms with E-state index in [0.29, 0.717) is 5.52 Å². The van der Waals surface area contributed by atoms with E-state index >= 15 is 0 Å². The molecule has 6 nitrogen and oxygen atoms in total. The molecule has 0 unspecified atom stereocenters. The molecule has 0 aliphatic carbocycles. The van der Waals surface area contributed by atoms with Gasteiger partial charge in [0.2, 0.25) is 5.91 Å². The Hall–Kier alpha value is -2.93. The van der Waals surface area contributed by atoms with Gasteiger partial charge in [0.1, 0.15) is 10.4 Å². The van der Waals surface area contributed by atoms with E-state index < -0.39 is 16.0 Å². The normalized spacial score (nSPS) is 11.4. The maximum atomic E-state index is 12.4. The Bertz CT molecular complexity index is 1030. The van der Waals surface area contributed by atoms with E-state index in [4.69, 9.17) is 9.92 Å². The van der Waals surface area contributed by atoms with Crippen molar-refractivity contribution in [2.75, 3.05) is 0 Å². The monoisotopic (exact) mass is 342 g/mol. The average molecular weight is 342 g/mol. The summed E-state index contributed by atoms with van der Waals surface area (Å²) in [5.41, 5.74) is 6.58. The Morgan fingerprint density at radius 1 is 1.04 bits per heavy atom. The first kappa shape index (κ1) is 15.9. The first-order valence-corrected chi connectivity index (χ1v) is 8.48. The fourth-order valence-corrected chi connectivity index (χ4v) is 3.17. The topological polar surface area (TPSA) is 99.4 Å². The van der Waals surface area contributed by atoms with Gasteiger partial charge >= 0.3 is 10.1 Å². The van der Waals surface area contributed by atoms with Crippen LogP contribution in [-0.2, 0) is 10.1 Å². The number of hydrogen-bond donors (Lipinski definition) is 1. The van der Waals surface area contributed by atoms with E-state index in [1.165, 1.54) is 24.3 Å². The molecule has 3 rings (SSSR count). The van der Waals surface area contributed by atoms with Crippen LogP contribution in [0.1, 0.15) is 16.1 Å². The zero-order valence-corrected chi connectivity index (χ0v) is 13.6. The molecule has 0 saturated carbocycles. The molecule has 2 aromatic carbocycles. The molecule has 0 atom stereocenters. The standard InChI is InChI=1S/C17H14N2O4S/c1-11-5-6-12-3-2-4-15(16(12)19-11)23-24(21,22)14-9-7-13(8-10-14)17(18)20/h2-10H,1H3,(H2,18,20). The van der Waals surface area contributed by atoms with Crippen molar-refractivity contribution in [2.45, 2.75) is 11.8 Å². The highest BCUT2D eigenvalue weighted by atomic mass is 32.2. The minimum Gasteiger partial charge on any atom is -0.377 e. The number of aromatic nitrogens is 1. The van der Waals surface area contributed by atoms with Crippen molar-refractivity contribution < 1.29 is 17.4 Å². The second kappa shape index (κ2) is 5.93. The number of hydrogen-bond acceptors (Lipinski definition) is 5. The van der Waals surface area contributed by atoms with Gasteiger partial charge in [0.05, 0.1) is 0 Å². The summed E-state index contributed by atoms with van der Waals surface area (Å²) in [6.45, 7) is 1.81. The number of carbonyl (C=O) groups is 1. The smallest absolute Gasteiger partial charge is 0.339 e. The van der Waals surface area contributed by atoms with E-state index in [-0.39, 0.29) is 16.2 Å². The highest BCUT2D eigenvalue weighted by Crippen LogP contribution is 2.27. The van der Waals surface area contributed by atoms with Crippen LogP contribution in [0.3, 0.4) is 0 Å². The zero-order valence-electron chi connectivity index (χ0n) is 12.8. The largest absolute Gasteiger partial charge is 0.377 e. The van der Waals surface area contributed by atoms with E-state index in [1.807, 2.05) is 25.1 Å². The molecule has 0 spiro atoms. The third-order valence-corrected chi connectivity index (χ3v) is 4.70. The molecule has 0 saturated heterocycles. The SMILES string of the molecule is Cc1ccc2cccc(OS(=O)(=O)c3ccc(C(N)=O)cc3)c2n1. The predicted octanol–water partition coefficient (Wildman–Crippen LogP) is 2.41. The average Bonchev–Trinajstić information content (AvgIpc) is 2.55. The van der Waals surface area contributed by atoms with Gasteiger partial charge in [-0.2, -0.15) is 8.42 Å². The van der Waals surface area contributed by atoms with Crippen molar-refractivity contribution in [2.24, 2.45) is 5.73 Å². The first-order valence-electron chi connectivity index (χ1n) is 7.07. The molecule has 1 amide bonds. The Balaban J connectivity index is 2.00. The molecule has 3 aromatic rings. The molecule has 0 radical (unpaired) electrons. The quantitative estimate of drug-likeness (QED) is 0.734. The van der Waals surface area contributed by atoms with Gasteiger partial charge in [-0.15, -0.1) is 0 Å². The van der Waals surface area contributed by atoms with Crippen LogP contribution >= 0.6 is 0 Å². The van der Waals surface area contributed by atoms with Crippen molar-refractivity contribution in [3.8, 4) is 5.75 Å². The minimum atomic E-state index is -4.05. The Morgan fingerprint density at radius 2 is 1.75 bits per heavy atom. The van der Waals surface area contributed by atoms with Crippen LogP contribution in [0.4, 0.5) is 0 Å². The van der Waals surface area contributed by atoms with Crippen LogP contribution < -0.4 is 9.92 Å². The Morgan fingerprint density at radius 3 is 2.42 bits per heavy atom. The summed E-state index contributed by atoms with van der Waals surface area (Å²) in [7, 11) is -4.05. The summed E-state index contributed by atoms with van der Waals surface area (Å²) in [6.07, 6.45) is 0. The lowest BCUT2D eigenvalue weighted by Gasteiger charge is -2.09. The van der Waals surface area contributed by atoms with Crippen LogP contribution in [0, 0.1) is 6.92 Å². The molecule has 7 heteroatoms. The summed E-state index contributed by atoms with van der Waals surface area (Å²) in [5, 5.41) is 0.775. The Labute approximate surface area is 139 Å². The van der Waals surface area contributed by atoms with Gasteiger partial charge in [0.25, 0.3) is 0 Å². The van der Waals surface area contributed by atoms with Crippen LogP contribution in [-0.4, -0.2) is 19.3 Å². The molecule has 24 heavy (non-hydrogen) atoms. The number of benzene rings is 2. The highest BCUT2D eigenvalue weighted by Gasteiger charge is 2.19. The lowest BCUT2D eigenvalue weighted by Crippen LogP contribution is -2.13. The van der Waals surface area contributed by atoms with Gasteiger partial charge in [-0.05, 0) is 43.3 Å². The lowest BCUT2D eigenvalue weighted by atomic mass is 10.2. The van der Waals surface area contributed by atoms with Crippen molar-refractivity contribution in [1.29, 1.82) is 0 Å². The second-order valence-electron chi connectivity index (χ2n) is 5.21. The molecule has 0 bridgehead atoms. The van der Waals surface area contributed by atoms with E-state index in [1.54, 1.807) is 12.1 Å². The maximum Gasteiger partial charge on any atom is 0.339 e. The number of fused-ring (bicyclic) bond motifs is 1. The molecule has 0 fully saturated rings. The number of primary amides is 1. The zero-order chi connectivity index (χ0) is 17.3. The van der Waals surface area contributed by atoms with Crippen LogP contribution in [0.25, 0.3) is 10.9 Å². The minimum absolute atomic E-state index is 0.0721. The number of rotatable bonds is 4. The fraction of sp³-hybridized carbons (Fsp3) is 0.0588. The number of amides is 1. The van der Waals surface area contributed by atoms with E-state index in [0.717, 1.165) is 11.1 Å². The number of nitrogens with zero attached hydrogens (tertiary/aromatic N) is 1. The summed E-state index contributed by atoms with van der Waals surface area (Å²) < 4.78 is 30.1.